The van der Waals surface area contributed by atoms with Gasteiger partial charge in [0.25, 0.3) is 0 Å². The molecule has 0 spiro atoms. The van der Waals surface area contributed by atoms with Crippen molar-refractivity contribution in [1.82, 2.24) is 0 Å². The Bertz CT molecular complexity index is 368. The molecule has 0 aliphatic rings. The Balaban J connectivity index is 3.25. The van der Waals surface area contributed by atoms with Gasteiger partial charge in [0.05, 0.1) is 10.6 Å². The first kappa shape index (κ1) is 8.57. The second-order valence-electron chi connectivity index (χ2n) is 2.17. The number of hydrogen-bond acceptors (Lipinski definition) is 2. The molecule has 0 saturated heterocycles. The summed E-state index contributed by atoms with van der Waals surface area (Å²) in [6.45, 7) is 0. The summed E-state index contributed by atoms with van der Waals surface area (Å²) >= 11 is 5.63. The Morgan fingerprint density at radius 3 is 2.75 bits per heavy atom. The van der Waals surface area contributed by atoms with Crippen LogP contribution in [-0.4, -0.2) is 5.91 Å². The van der Waals surface area contributed by atoms with E-state index in [-0.39, 0.29) is 11.1 Å². The summed E-state index contributed by atoms with van der Waals surface area (Å²) in [7, 11) is 0. The lowest BCUT2D eigenvalue weighted by Gasteiger charge is -1.96. The molecular formula is C8H5ClN2O. The zero-order valence-corrected chi connectivity index (χ0v) is 6.80. The number of hydrogen-bond donors (Lipinski definition) is 1. The highest BCUT2D eigenvalue weighted by molar-refractivity contribution is 6.31. The molecular weight excluding hydrogens is 176 g/mol. The van der Waals surface area contributed by atoms with Gasteiger partial charge in [-0.3, -0.25) is 4.79 Å². The van der Waals surface area contributed by atoms with Crippen molar-refractivity contribution in [2.45, 2.75) is 0 Å². The average molecular weight is 181 g/mol. The van der Waals surface area contributed by atoms with E-state index in [1.54, 1.807) is 0 Å². The quantitative estimate of drug-likeness (QED) is 0.708. The van der Waals surface area contributed by atoms with E-state index in [9.17, 15) is 4.79 Å². The number of amides is 1. The lowest BCUT2D eigenvalue weighted by Crippen LogP contribution is -2.10. The minimum Gasteiger partial charge on any atom is -0.366 e. The molecule has 12 heavy (non-hydrogen) atoms. The Morgan fingerprint density at radius 1 is 1.58 bits per heavy atom. The maximum absolute atomic E-state index is 10.7. The van der Waals surface area contributed by atoms with Gasteiger partial charge in [0.2, 0.25) is 5.91 Å². The topological polar surface area (TPSA) is 66.9 Å². The number of primary amides is 1. The van der Waals surface area contributed by atoms with Gasteiger partial charge < -0.3 is 5.73 Å². The number of nitrogens with two attached hydrogens (primary N) is 1. The van der Waals surface area contributed by atoms with Crippen LogP contribution in [0.4, 0.5) is 0 Å². The molecule has 3 nitrogen and oxygen atoms in total. The summed E-state index contributed by atoms with van der Waals surface area (Å²) in [5.41, 5.74) is 5.54. The molecule has 0 bridgehead atoms. The van der Waals surface area contributed by atoms with E-state index < -0.39 is 5.91 Å². The van der Waals surface area contributed by atoms with Crippen LogP contribution in [0, 0.1) is 11.3 Å². The fourth-order valence-electron chi connectivity index (χ4n) is 0.764. The zero-order valence-electron chi connectivity index (χ0n) is 6.04. The molecule has 0 fully saturated rings. The molecule has 0 aromatic heterocycles. The molecule has 1 rings (SSSR count). The third-order valence-electron chi connectivity index (χ3n) is 1.37. The van der Waals surface area contributed by atoms with Gasteiger partial charge in [-0.25, -0.2) is 0 Å². The maximum atomic E-state index is 10.7. The number of carbonyl (C=O) groups excluding carboxylic acids is 1. The summed E-state index contributed by atoms with van der Waals surface area (Å²) in [5, 5.41) is 8.86. The average Bonchev–Trinajstić information content (AvgIpc) is 2.05. The minimum atomic E-state index is -0.567. The molecule has 60 valence electrons. The predicted octanol–water partition coefficient (Wildman–Crippen LogP) is 1.31. The highest BCUT2D eigenvalue weighted by Gasteiger charge is 2.04. The van der Waals surface area contributed by atoms with E-state index in [1.807, 2.05) is 6.07 Å². The third kappa shape index (κ3) is 1.55. The van der Waals surface area contributed by atoms with Gasteiger partial charge in [0, 0.05) is 5.56 Å². The number of nitriles is 1. The van der Waals surface area contributed by atoms with Crippen LogP contribution >= 0.6 is 11.6 Å². The molecule has 0 aliphatic carbocycles. The molecule has 0 aliphatic heterocycles. The van der Waals surface area contributed by atoms with Crippen molar-refractivity contribution in [1.29, 1.82) is 5.26 Å². The molecule has 0 heterocycles. The van der Waals surface area contributed by atoms with Crippen molar-refractivity contribution in [3.8, 4) is 6.07 Å². The largest absolute Gasteiger partial charge is 0.366 e. The van der Waals surface area contributed by atoms with E-state index in [4.69, 9.17) is 22.6 Å². The first-order chi connectivity index (χ1) is 5.65. The first-order valence-corrected chi connectivity index (χ1v) is 3.52. The summed E-state index contributed by atoms with van der Waals surface area (Å²) in [5.74, 6) is -0.567. The summed E-state index contributed by atoms with van der Waals surface area (Å²) in [6, 6.07) is 6.17. The zero-order chi connectivity index (χ0) is 9.14. The molecule has 2 N–H and O–H groups in total. The van der Waals surface area contributed by atoms with Gasteiger partial charge in [-0.05, 0) is 18.2 Å². The van der Waals surface area contributed by atoms with Crippen LogP contribution in [0.5, 0.6) is 0 Å². The molecule has 0 unspecified atom stereocenters. The van der Waals surface area contributed by atoms with E-state index in [1.165, 1.54) is 18.2 Å². The number of nitrogens with zero attached hydrogens (tertiary/aromatic N) is 1. The molecule has 0 atom stereocenters. The van der Waals surface area contributed by atoms with Crippen LogP contribution < -0.4 is 5.73 Å². The van der Waals surface area contributed by atoms with E-state index in [2.05, 4.69) is 0 Å². The molecule has 1 aromatic rings. The highest BCUT2D eigenvalue weighted by Crippen LogP contribution is 2.15. The normalized spacial score (nSPS) is 9.00. The molecule has 0 radical (unpaired) electrons. The smallest absolute Gasteiger partial charge is 0.248 e. The molecule has 1 aromatic carbocycles. The Labute approximate surface area is 74.4 Å². The number of rotatable bonds is 1. The molecule has 1 amide bonds. The van der Waals surface area contributed by atoms with Crippen LogP contribution in [0.3, 0.4) is 0 Å². The number of benzene rings is 1. The predicted molar refractivity (Wildman–Crippen MR) is 44.7 cm³/mol. The second kappa shape index (κ2) is 3.24. The lowest BCUT2D eigenvalue weighted by molar-refractivity contribution is 0.100. The van der Waals surface area contributed by atoms with Crippen molar-refractivity contribution in [3.05, 3.63) is 34.3 Å². The SMILES string of the molecule is N#Cc1cc(C(N)=O)ccc1Cl. The highest BCUT2D eigenvalue weighted by atomic mass is 35.5. The van der Waals surface area contributed by atoms with Gasteiger partial charge in [0.15, 0.2) is 0 Å². The van der Waals surface area contributed by atoms with Gasteiger partial charge in [-0.2, -0.15) is 5.26 Å². The molecule has 0 saturated carbocycles. The van der Waals surface area contributed by atoms with E-state index in [0.29, 0.717) is 5.02 Å². The maximum Gasteiger partial charge on any atom is 0.248 e. The second-order valence-corrected chi connectivity index (χ2v) is 2.58. The van der Waals surface area contributed by atoms with Crippen LogP contribution in [0.25, 0.3) is 0 Å². The van der Waals surface area contributed by atoms with Crippen molar-refractivity contribution < 1.29 is 4.79 Å². The Morgan fingerprint density at radius 2 is 2.25 bits per heavy atom. The van der Waals surface area contributed by atoms with Gasteiger partial charge in [-0.15, -0.1) is 0 Å². The summed E-state index contributed by atoms with van der Waals surface area (Å²) in [6.07, 6.45) is 0. The Hall–Kier alpha value is -1.53. The standard InChI is InChI=1S/C8H5ClN2O/c9-7-2-1-5(8(11)12)3-6(7)4-10/h1-3H,(H2,11,12). The summed E-state index contributed by atoms with van der Waals surface area (Å²) in [4.78, 5) is 10.7. The fraction of sp³-hybridized carbons (Fsp3) is 0. The van der Waals surface area contributed by atoms with Crippen molar-refractivity contribution in [2.24, 2.45) is 5.73 Å². The fourth-order valence-corrected chi connectivity index (χ4v) is 0.924. The lowest BCUT2D eigenvalue weighted by atomic mass is 10.1. The number of carbonyl (C=O) groups is 1. The van der Waals surface area contributed by atoms with Gasteiger partial charge in [-0.1, -0.05) is 11.6 Å². The van der Waals surface area contributed by atoms with Crippen LogP contribution in [0.15, 0.2) is 18.2 Å². The van der Waals surface area contributed by atoms with Crippen molar-refractivity contribution >= 4 is 17.5 Å². The van der Waals surface area contributed by atoms with E-state index in [0.717, 1.165) is 0 Å². The van der Waals surface area contributed by atoms with Crippen molar-refractivity contribution in [3.63, 3.8) is 0 Å². The van der Waals surface area contributed by atoms with Crippen LogP contribution in [0.1, 0.15) is 15.9 Å². The first-order valence-electron chi connectivity index (χ1n) is 3.14. The van der Waals surface area contributed by atoms with Crippen molar-refractivity contribution in [2.75, 3.05) is 0 Å². The number of halogens is 1. The van der Waals surface area contributed by atoms with Crippen LogP contribution in [-0.2, 0) is 0 Å². The van der Waals surface area contributed by atoms with Crippen LogP contribution in [0.2, 0.25) is 5.02 Å². The third-order valence-corrected chi connectivity index (χ3v) is 1.70. The summed E-state index contributed by atoms with van der Waals surface area (Å²) < 4.78 is 0. The molecule has 4 heteroatoms. The monoisotopic (exact) mass is 180 g/mol. The van der Waals surface area contributed by atoms with E-state index >= 15 is 0 Å². The van der Waals surface area contributed by atoms with Gasteiger partial charge in [0.1, 0.15) is 6.07 Å². The van der Waals surface area contributed by atoms with Gasteiger partial charge >= 0.3 is 0 Å². The minimum absolute atomic E-state index is 0.257. The Kier molecular flexibility index (Phi) is 2.32.